The molecule has 8 heteroatoms. The van der Waals surface area contributed by atoms with Crippen LogP contribution in [-0.2, 0) is 9.53 Å². The van der Waals surface area contributed by atoms with Gasteiger partial charge in [0.2, 0.25) is 0 Å². The second-order valence-electron chi connectivity index (χ2n) is 8.86. The van der Waals surface area contributed by atoms with Crippen LogP contribution in [0.4, 0.5) is 5.69 Å². The number of ether oxygens (including phenoxy) is 1. The van der Waals surface area contributed by atoms with Crippen molar-refractivity contribution in [3.05, 3.63) is 111 Å². The summed E-state index contributed by atoms with van der Waals surface area (Å²) in [6, 6.07) is 17.8. The number of non-ortho nitro benzene ring substituents is 1. The molecular formula is C27H22N2O6. The van der Waals surface area contributed by atoms with Gasteiger partial charge in [0.15, 0.2) is 11.6 Å². The van der Waals surface area contributed by atoms with Crippen molar-refractivity contribution in [1.82, 2.24) is 5.32 Å². The lowest BCUT2D eigenvalue weighted by atomic mass is 9.63. The Morgan fingerprint density at radius 1 is 0.971 bits per heavy atom. The normalized spacial score (nSPS) is 22.3. The molecule has 1 saturated heterocycles. The number of carbonyl (C=O) groups excluding carboxylic acids is 3. The molecule has 1 fully saturated rings. The van der Waals surface area contributed by atoms with Crippen LogP contribution in [0.3, 0.4) is 0 Å². The number of Topliss-reactive ketones (excluding diaryl/α,β-unsaturated/α-hetero) is 2. The van der Waals surface area contributed by atoms with E-state index in [1.165, 1.54) is 25.3 Å². The predicted octanol–water partition coefficient (Wildman–Crippen LogP) is 3.94. The number of nitrogens with one attached hydrogen (secondary N) is 1. The quantitative estimate of drug-likeness (QED) is 0.266. The Bertz CT molecular complexity index is 1360. The smallest absolute Gasteiger partial charge is 0.323 e. The predicted molar refractivity (Wildman–Crippen MR) is 126 cm³/mol. The van der Waals surface area contributed by atoms with Gasteiger partial charge in [-0.05, 0) is 23.6 Å². The minimum absolute atomic E-state index is 0.198. The molecule has 0 radical (unpaired) electrons. The fourth-order valence-electron chi connectivity index (χ4n) is 5.69. The third-order valence-corrected chi connectivity index (χ3v) is 7.19. The number of nitro groups is 1. The molecule has 1 aliphatic carbocycles. The summed E-state index contributed by atoms with van der Waals surface area (Å²) in [6.07, 6.45) is 0. The van der Waals surface area contributed by atoms with Crippen LogP contribution in [0.15, 0.2) is 72.8 Å². The SMILES string of the molecule is COC(=O)[C@@H]1N[C@@H](c2ccccc2C)C2(C(=O)c3ccccc3C2=O)[C@H]1c1cccc([N+](=O)[O-])c1. The summed E-state index contributed by atoms with van der Waals surface area (Å²) >= 11 is 0. The third kappa shape index (κ3) is 3.14. The summed E-state index contributed by atoms with van der Waals surface area (Å²) in [7, 11) is 1.23. The van der Waals surface area contributed by atoms with Gasteiger partial charge in [0, 0.05) is 29.2 Å². The monoisotopic (exact) mass is 470 g/mol. The number of esters is 1. The van der Waals surface area contributed by atoms with Gasteiger partial charge in [-0.2, -0.15) is 0 Å². The molecule has 35 heavy (non-hydrogen) atoms. The lowest BCUT2D eigenvalue weighted by molar-refractivity contribution is -0.384. The number of nitro benzene ring substituents is 1. The van der Waals surface area contributed by atoms with E-state index in [0.29, 0.717) is 11.1 Å². The number of nitrogens with zero attached hydrogens (tertiary/aromatic N) is 1. The maximum absolute atomic E-state index is 14.2. The van der Waals surface area contributed by atoms with Gasteiger partial charge in [-0.15, -0.1) is 0 Å². The zero-order valence-electron chi connectivity index (χ0n) is 19.1. The summed E-state index contributed by atoms with van der Waals surface area (Å²) in [5.74, 6) is -2.52. The molecule has 0 aromatic heterocycles. The van der Waals surface area contributed by atoms with Crippen molar-refractivity contribution in [3.8, 4) is 0 Å². The lowest BCUT2D eigenvalue weighted by Crippen LogP contribution is -2.43. The van der Waals surface area contributed by atoms with Crippen molar-refractivity contribution in [2.45, 2.75) is 24.9 Å². The highest BCUT2D eigenvalue weighted by Gasteiger charge is 2.69. The van der Waals surface area contributed by atoms with Gasteiger partial charge in [0.25, 0.3) is 5.69 Å². The number of hydrogen-bond donors (Lipinski definition) is 1. The first-order valence-corrected chi connectivity index (χ1v) is 11.1. The van der Waals surface area contributed by atoms with Crippen LogP contribution in [0.5, 0.6) is 0 Å². The highest BCUT2D eigenvalue weighted by Crippen LogP contribution is 2.60. The number of ketones is 2. The van der Waals surface area contributed by atoms with Crippen LogP contribution < -0.4 is 5.32 Å². The van der Waals surface area contributed by atoms with E-state index < -0.39 is 45.9 Å². The molecule has 1 aliphatic heterocycles. The fraction of sp³-hybridized carbons (Fsp3) is 0.222. The molecule has 1 heterocycles. The van der Waals surface area contributed by atoms with E-state index in [-0.39, 0.29) is 16.8 Å². The topological polar surface area (TPSA) is 116 Å². The second kappa shape index (κ2) is 8.25. The molecule has 3 aromatic carbocycles. The van der Waals surface area contributed by atoms with Gasteiger partial charge in [0.1, 0.15) is 11.5 Å². The molecule has 2 aliphatic rings. The van der Waals surface area contributed by atoms with E-state index in [9.17, 15) is 24.5 Å². The summed E-state index contributed by atoms with van der Waals surface area (Å²) in [5, 5.41) is 14.8. The Morgan fingerprint density at radius 3 is 2.20 bits per heavy atom. The van der Waals surface area contributed by atoms with Gasteiger partial charge in [-0.1, -0.05) is 60.7 Å². The van der Waals surface area contributed by atoms with E-state index in [0.717, 1.165) is 5.56 Å². The number of carbonyl (C=O) groups is 3. The van der Waals surface area contributed by atoms with Crippen LogP contribution in [0.25, 0.3) is 0 Å². The van der Waals surface area contributed by atoms with E-state index in [1.807, 2.05) is 31.2 Å². The first-order valence-electron chi connectivity index (χ1n) is 11.1. The maximum Gasteiger partial charge on any atom is 0.323 e. The van der Waals surface area contributed by atoms with Crippen molar-refractivity contribution in [1.29, 1.82) is 0 Å². The van der Waals surface area contributed by atoms with Gasteiger partial charge >= 0.3 is 5.97 Å². The van der Waals surface area contributed by atoms with Crippen LogP contribution >= 0.6 is 0 Å². The standard InChI is InChI=1S/C27H22N2O6/c1-15-8-3-4-11-18(15)23-27(24(30)19-12-5-6-13-20(19)25(27)31)21(22(28-23)26(32)35-2)16-9-7-10-17(14-16)29(33)34/h3-14,21-23,28H,1-2H3/t21-,22+,23-/m0/s1. The van der Waals surface area contributed by atoms with Gasteiger partial charge in [-0.3, -0.25) is 29.8 Å². The second-order valence-corrected chi connectivity index (χ2v) is 8.86. The highest BCUT2D eigenvalue weighted by atomic mass is 16.6. The first kappa shape index (κ1) is 22.6. The number of benzene rings is 3. The molecule has 8 nitrogen and oxygen atoms in total. The van der Waals surface area contributed by atoms with Crippen LogP contribution in [0.1, 0.15) is 49.4 Å². The molecule has 0 saturated carbocycles. The van der Waals surface area contributed by atoms with E-state index in [4.69, 9.17) is 4.74 Å². The Balaban J connectivity index is 1.84. The Labute approximate surface area is 201 Å². The molecule has 176 valence electrons. The van der Waals surface area contributed by atoms with Crippen molar-refractivity contribution in [2.24, 2.45) is 5.41 Å². The summed E-state index contributed by atoms with van der Waals surface area (Å²) < 4.78 is 5.07. The minimum Gasteiger partial charge on any atom is -0.468 e. The first-order chi connectivity index (χ1) is 16.8. The molecular weight excluding hydrogens is 448 g/mol. The zero-order chi connectivity index (χ0) is 24.9. The van der Waals surface area contributed by atoms with Crippen molar-refractivity contribution in [2.75, 3.05) is 7.11 Å². The zero-order valence-corrected chi connectivity index (χ0v) is 19.1. The summed E-state index contributed by atoms with van der Waals surface area (Å²) in [6.45, 7) is 1.87. The van der Waals surface area contributed by atoms with Crippen molar-refractivity contribution in [3.63, 3.8) is 0 Å². The maximum atomic E-state index is 14.2. The van der Waals surface area contributed by atoms with Crippen molar-refractivity contribution < 1.29 is 24.0 Å². The molecule has 5 rings (SSSR count). The molecule has 1 N–H and O–H groups in total. The van der Waals surface area contributed by atoms with E-state index >= 15 is 0 Å². The van der Waals surface area contributed by atoms with Crippen LogP contribution in [0, 0.1) is 22.5 Å². The highest BCUT2D eigenvalue weighted by molar-refractivity contribution is 6.31. The number of aryl methyl sites for hydroxylation is 1. The summed E-state index contributed by atoms with van der Waals surface area (Å²) in [5.41, 5.74) is 0.499. The minimum atomic E-state index is -1.73. The molecule has 0 bridgehead atoms. The Kier molecular flexibility index (Phi) is 5.33. The Hall–Kier alpha value is -4.17. The van der Waals surface area contributed by atoms with Gasteiger partial charge in [-0.25, -0.2) is 0 Å². The van der Waals surface area contributed by atoms with Gasteiger partial charge < -0.3 is 4.74 Å². The molecule has 3 aromatic rings. The Morgan fingerprint density at radius 2 is 1.60 bits per heavy atom. The molecule has 1 spiro atoms. The van der Waals surface area contributed by atoms with E-state index in [2.05, 4.69) is 5.32 Å². The summed E-state index contributed by atoms with van der Waals surface area (Å²) in [4.78, 5) is 52.6. The van der Waals surface area contributed by atoms with Crippen LogP contribution in [-0.4, -0.2) is 35.6 Å². The molecule has 0 unspecified atom stereocenters. The van der Waals surface area contributed by atoms with Crippen molar-refractivity contribution >= 4 is 23.2 Å². The molecule has 3 atom stereocenters. The lowest BCUT2D eigenvalue weighted by Gasteiger charge is -2.34. The number of hydrogen-bond acceptors (Lipinski definition) is 7. The fourth-order valence-corrected chi connectivity index (χ4v) is 5.69. The average molecular weight is 470 g/mol. The third-order valence-electron chi connectivity index (χ3n) is 7.19. The number of fused-ring (bicyclic) bond motifs is 1. The largest absolute Gasteiger partial charge is 0.468 e. The van der Waals surface area contributed by atoms with E-state index in [1.54, 1.807) is 30.3 Å². The average Bonchev–Trinajstić information content (AvgIpc) is 3.34. The number of methoxy groups -OCH3 is 1. The number of rotatable bonds is 4. The van der Waals surface area contributed by atoms with Gasteiger partial charge in [0.05, 0.1) is 18.1 Å². The van der Waals surface area contributed by atoms with Crippen LogP contribution in [0.2, 0.25) is 0 Å². The molecule has 0 amide bonds.